The van der Waals surface area contributed by atoms with Crippen molar-refractivity contribution in [1.29, 1.82) is 0 Å². The van der Waals surface area contributed by atoms with E-state index >= 15 is 0 Å². The van der Waals surface area contributed by atoms with Crippen molar-refractivity contribution in [3.63, 3.8) is 0 Å². The molecular weight excluding hydrogens is 247 g/mol. The smallest absolute Gasteiger partial charge is 0.247 e. The Morgan fingerprint density at radius 1 is 1.13 bits per heavy atom. The molecule has 1 rings (SSSR count). The first kappa shape index (κ1) is 14.0. The summed E-state index contributed by atoms with van der Waals surface area (Å²) < 4.78 is 11.3. The van der Waals surface area contributed by atoms with E-state index in [1.165, 1.54) is 32.1 Å². The summed E-state index contributed by atoms with van der Waals surface area (Å²) in [7, 11) is 0. The molecule has 2 nitrogen and oxygen atoms in total. The van der Waals surface area contributed by atoms with Gasteiger partial charge in [-0.2, -0.15) is 0 Å². The maximum atomic E-state index is 5.64. The van der Waals surface area contributed by atoms with Gasteiger partial charge in [0.25, 0.3) is 0 Å². The Balaban J connectivity index is 2.45. The van der Waals surface area contributed by atoms with E-state index in [2.05, 4.69) is 0 Å². The molecule has 0 amide bonds. The van der Waals surface area contributed by atoms with E-state index < -0.39 is 5.69 Å². The third-order valence-electron chi connectivity index (χ3n) is 2.40. The molecule has 5 heteroatoms. The molecule has 1 aliphatic rings. The first-order valence-corrected chi connectivity index (χ1v) is 9.90. The average Bonchev–Trinajstić information content (AvgIpc) is 2.19. The van der Waals surface area contributed by atoms with Crippen LogP contribution < -0.4 is 0 Å². The molecule has 0 aromatic heterocycles. The first-order valence-electron chi connectivity index (χ1n) is 5.77. The molecule has 1 saturated carbocycles. The minimum absolute atomic E-state index is 0.664. The van der Waals surface area contributed by atoms with E-state index in [-0.39, 0.29) is 0 Å². The summed E-state index contributed by atoms with van der Waals surface area (Å²) in [6.07, 6.45) is 6.62. The molecule has 1 fully saturated rings. The lowest BCUT2D eigenvalue weighted by Crippen LogP contribution is -2.08. The highest BCUT2D eigenvalue weighted by Gasteiger charge is 2.25. The summed E-state index contributed by atoms with van der Waals surface area (Å²) in [6.45, 7) is 5.30. The zero-order chi connectivity index (χ0) is 11.1. The SMILES string of the molecule is CCOP(=S)(OCC)SC1CCCCC1. The third kappa shape index (κ3) is 5.18. The van der Waals surface area contributed by atoms with Crippen LogP contribution in [-0.4, -0.2) is 18.5 Å². The van der Waals surface area contributed by atoms with Gasteiger partial charge < -0.3 is 9.05 Å². The van der Waals surface area contributed by atoms with Gasteiger partial charge in [-0.25, -0.2) is 0 Å². The van der Waals surface area contributed by atoms with Gasteiger partial charge >= 0.3 is 0 Å². The van der Waals surface area contributed by atoms with Crippen LogP contribution in [0.15, 0.2) is 0 Å². The summed E-state index contributed by atoms with van der Waals surface area (Å²) in [4.78, 5) is 0. The van der Waals surface area contributed by atoms with Crippen molar-refractivity contribution in [3.05, 3.63) is 0 Å². The molecule has 0 N–H and O–H groups in total. The maximum Gasteiger partial charge on any atom is 0.247 e. The Morgan fingerprint density at radius 3 is 2.13 bits per heavy atom. The molecule has 0 atom stereocenters. The second-order valence-electron chi connectivity index (χ2n) is 3.65. The highest BCUT2D eigenvalue weighted by molar-refractivity contribution is 8.68. The van der Waals surface area contributed by atoms with E-state index in [1.807, 2.05) is 13.8 Å². The van der Waals surface area contributed by atoms with Crippen LogP contribution in [0.2, 0.25) is 0 Å². The van der Waals surface area contributed by atoms with Crippen LogP contribution >= 0.6 is 17.1 Å². The zero-order valence-corrected chi connectivity index (χ0v) is 12.1. The lowest BCUT2D eigenvalue weighted by Gasteiger charge is -2.27. The fourth-order valence-electron chi connectivity index (χ4n) is 1.77. The monoisotopic (exact) mass is 268 g/mol. The third-order valence-corrected chi connectivity index (χ3v) is 8.29. The van der Waals surface area contributed by atoms with Crippen molar-refractivity contribution in [2.75, 3.05) is 13.2 Å². The summed E-state index contributed by atoms with van der Waals surface area (Å²) in [6, 6.07) is 0. The summed E-state index contributed by atoms with van der Waals surface area (Å²) in [5, 5.41) is 0.669. The zero-order valence-electron chi connectivity index (χ0n) is 9.61. The molecular formula is C10H21O2PS2. The Bertz CT molecular complexity index is 207. The molecule has 15 heavy (non-hydrogen) atoms. The van der Waals surface area contributed by atoms with E-state index in [4.69, 9.17) is 20.9 Å². The Kier molecular flexibility index (Phi) is 6.79. The molecule has 1 aliphatic carbocycles. The van der Waals surface area contributed by atoms with Crippen LogP contribution in [0.4, 0.5) is 0 Å². The van der Waals surface area contributed by atoms with Crippen molar-refractivity contribution in [2.45, 2.75) is 51.2 Å². The Morgan fingerprint density at radius 2 is 1.67 bits per heavy atom. The summed E-state index contributed by atoms with van der Waals surface area (Å²) in [5.74, 6) is 0. The second kappa shape index (κ2) is 7.29. The molecule has 90 valence electrons. The molecule has 0 aliphatic heterocycles. The van der Waals surface area contributed by atoms with Crippen LogP contribution in [-0.2, 0) is 20.9 Å². The van der Waals surface area contributed by atoms with Crippen molar-refractivity contribution >= 4 is 28.9 Å². The molecule has 0 bridgehead atoms. The lowest BCUT2D eigenvalue weighted by atomic mass is 10.0. The van der Waals surface area contributed by atoms with Crippen molar-refractivity contribution in [2.24, 2.45) is 0 Å². The van der Waals surface area contributed by atoms with E-state index in [0.717, 1.165) is 0 Å². The first-order chi connectivity index (χ1) is 7.20. The van der Waals surface area contributed by atoms with E-state index in [0.29, 0.717) is 18.5 Å². The van der Waals surface area contributed by atoms with Gasteiger partial charge in [0, 0.05) is 5.25 Å². The van der Waals surface area contributed by atoms with Gasteiger partial charge in [0.15, 0.2) is 0 Å². The maximum absolute atomic E-state index is 5.64. The van der Waals surface area contributed by atoms with Gasteiger partial charge in [-0.1, -0.05) is 30.6 Å². The van der Waals surface area contributed by atoms with Crippen molar-refractivity contribution < 1.29 is 9.05 Å². The Hall–Kier alpha value is 0.920. The molecule has 0 aromatic rings. The molecule has 0 spiro atoms. The van der Waals surface area contributed by atoms with Gasteiger partial charge in [0.1, 0.15) is 0 Å². The van der Waals surface area contributed by atoms with E-state index in [9.17, 15) is 0 Å². The fourth-order valence-corrected chi connectivity index (χ4v) is 7.96. The van der Waals surface area contributed by atoms with Gasteiger partial charge in [-0.15, -0.1) is 0 Å². The molecule has 0 unspecified atom stereocenters. The Labute approximate surface area is 102 Å². The molecule has 0 radical (unpaired) electrons. The van der Waals surface area contributed by atoms with Crippen molar-refractivity contribution in [3.8, 4) is 0 Å². The fraction of sp³-hybridized carbons (Fsp3) is 1.00. The molecule has 0 heterocycles. The summed E-state index contributed by atoms with van der Waals surface area (Å²) >= 11 is 7.31. The minimum atomic E-state index is -2.04. The normalized spacial score (nSPS) is 19.3. The van der Waals surface area contributed by atoms with E-state index in [1.54, 1.807) is 11.4 Å². The average molecular weight is 268 g/mol. The van der Waals surface area contributed by atoms with Gasteiger partial charge in [0.05, 0.1) is 13.2 Å². The number of hydrogen-bond donors (Lipinski definition) is 0. The number of rotatable bonds is 6. The summed E-state index contributed by atoms with van der Waals surface area (Å²) in [5.41, 5.74) is -2.04. The van der Waals surface area contributed by atoms with Gasteiger partial charge in [0.2, 0.25) is 5.69 Å². The minimum Gasteiger partial charge on any atom is -0.322 e. The highest BCUT2D eigenvalue weighted by atomic mass is 32.9. The van der Waals surface area contributed by atoms with Crippen LogP contribution in [0, 0.1) is 0 Å². The largest absolute Gasteiger partial charge is 0.322 e. The highest BCUT2D eigenvalue weighted by Crippen LogP contribution is 2.64. The molecule has 0 saturated heterocycles. The lowest BCUT2D eigenvalue weighted by molar-refractivity contribution is 0.280. The van der Waals surface area contributed by atoms with Crippen LogP contribution in [0.1, 0.15) is 46.0 Å². The quantitative estimate of drug-likeness (QED) is 0.666. The van der Waals surface area contributed by atoms with Crippen molar-refractivity contribution in [1.82, 2.24) is 0 Å². The van der Waals surface area contributed by atoms with Gasteiger partial charge in [-0.05, 0) is 38.5 Å². The standard InChI is InChI=1S/C10H21O2PS2/c1-3-11-13(14,12-4-2)15-10-8-6-5-7-9-10/h10H,3-9H2,1-2H3. The topological polar surface area (TPSA) is 18.5 Å². The number of hydrogen-bond acceptors (Lipinski definition) is 4. The second-order valence-corrected chi connectivity index (χ2v) is 10.1. The van der Waals surface area contributed by atoms with Crippen LogP contribution in [0.5, 0.6) is 0 Å². The van der Waals surface area contributed by atoms with Crippen LogP contribution in [0.25, 0.3) is 0 Å². The van der Waals surface area contributed by atoms with Crippen LogP contribution in [0.3, 0.4) is 0 Å². The predicted molar refractivity (Wildman–Crippen MR) is 72.0 cm³/mol. The molecule has 0 aromatic carbocycles. The van der Waals surface area contributed by atoms with Gasteiger partial charge in [-0.3, -0.25) is 0 Å². The predicted octanol–water partition coefficient (Wildman–Crippen LogP) is 4.35.